The lowest BCUT2D eigenvalue weighted by Crippen LogP contribution is -2.30. The molecule has 120 valence electrons. The van der Waals surface area contributed by atoms with Gasteiger partial charge < -0.3 is 19.4 Å². The lowest BCUT2D eigenvalue weighted by molar-refractivity contribution is 0.0730. The van der Waals surface area contributed by atoms with E-state index in [0.717, 1.165) is 40.9 Å². The van der Waals surface area contributed by atoms with Crippen molar-refractivity contribution in [2.24, 2.45) is 0 Å². The quantitative estimate of drug-likeness (QED) is 0.871. The van der Waals surface area contributed by atoms with Gasteiger partial charge in [-0.25, -0.2) is 0 Å². The van der Waals surface area contributed by atoms with E-state index in [-0.39, 0.29) is 11.9 Å². The largest absolute Gasteiger partial charge is 0.486 e. The second-order valence-corrected chi connectivity index (χ2v) is 6.71. The summed E-state index contributed by atoms with van der Waals surface area (Å²) in [5, 5.41) is 0. The molecule has 1 aromatic carbocycles. The summed E-state index contributed by atoms with van der Waals surface area (Å²) in [4.78, 5) is 17.7. The zero-order chi connectivity index (χ0) is 15.8. The number of likely N-dealkylation sites (tertiary alicyclic amines) is 1. The minimum Gasteiger partial charge on any atom is -0.486 e. The Hall–Kier alpha value is -1.95. The summed E-state index contributed by atoms with van der Waals surface area (Å²) in [5.41, 5.74) is 1.71. The Kier molecular flexibility index (Phi) is 3.77. The molecule has 6 heteroatoms. The molecule has 1 saturated heterocycles. The molecule has 0 bridgehead atoms. The van der Waals surface area contributed by atoms with E-state index in [1.165, 1.54) is 0 Å². The van der Waals surface area contributed by atoms with Crippen LogP contribution in [-0.4, -0.2) is 35.5 Å². The predicted octanol–water partition coefficient (Wildman–Crippen LogP) is 3.53. The molecule has 0 saturated carbocycles. The Morgan fingerprint density at radius 2 is 2.04 bits per heavy atom. The fourth-order valence-electron chi connectivity index (χ4n) is 3.27. The van der Waals surface area contributed by atoms with Crippen LogP contribution in [0, 0.1) is 0 Å². The first kappa shape index (κ1) is 14.6. The van der Waals surface area contributed by atoms with Crippen LogP contribution in [0.25, 0.3) is 0 Å². The zero-order valence-corrected chi connectivity index (χ0v) is 14.1. The molecular formula is C17H17BrN2O3. The van der Waals surface area contributed by atoms with Crippen LogP contribution in [0.4, 0.5) is 0 Å². The Morgan fingerprint density at radius 3 is 2.83 bits per heavy atom. The number of hydrogen-bond donors (Lipinski definition) is 1. The molecule has 5 nitrogen and oxygen atoms in total. The van der Waals surface area contributed by atoms with Crippen molar-refractivity contribution < 1.29 is 14.3 Å². The molecule has 23 heavy (non-hydrogen) atoms. The standard InChI is InChI=1S/C17H17BrN2O3/c18-12-9-13(19-10-12)17(21)20-5-1-2-14(20)11-3-4-15-16(8-11)23-7-6-22-15/h3-4,8-10,14,19H,1-2,5-7H2. The van der Waals surface area contributed by atoms with Gasteiger partial charge in [0.05, 0.1) is 6.04 Å². The number of hydrogen-bond acceptors (Lipinski definition) is 3. The summed E-state index contributed by atoms with van der Waals surface area (Å²) in [6, 6.07) is 7.89. The molecule has 0 aliphatic carbocycles. The van der Waals surface area contributed by atoms with E-state index in [4.69, 9.17) is 9.47 Å². The molecule has 2 aromatic rings. The van der Waals surface area contributed by atoms with E-state index in [0.29, 0.717) is 18.9 Å². The molecular weight excluding hydrogens is 360 g/mol. The number of carbonyl (C=O) groups excluding carboxylic acids is 1. The number of rotatable bonds is 2. The van der Waals surface area contributed by atoms with E-state index >= 15 is 0 Å². The highest BCUT2D eigenvalue weighted by Gasteiger charge is 2.32. The van der Waals surface area contributed by atoms with Gasteiger partial charge in [0, 0.05) is 17.2 Å². The predicted molar refractivity (Wildman–Crippen MR) is 88.9 cm³/mol. The summed E-state index contributed by atoms with van der Waals surface area (Å²) < 4.78 is 12.1. The molecule has 1 amide bonds. The zero-order valence-electron chi connectivity index (χ0n) is 12.5. The van der Waals surface area contributed by atoms with Gasteiger partial charge in [-0.05, 0) is 52.5 Å². The van der Waals surface area contributed by atoms with Gasteiger partial charge >= 0.3 is 0 Å². The number of aromatic nitrogens is 1. The van der Waals surface area contributed by atoms with Crippen molar-refractivity contribution in [3.05, 3.63) is 46.2 Å². The van der Waals surface area contributed by atoms with Gasteiger partial charge in [-0.2, -0.15) is 0 Å². The van der Waals surface area contributed by atoms with Crippen LogP contribution in [0.5, 0.6) is 11.5 Å². The lowest BCUT2D eigenvalue weighted by atomic mass is 10.0. The number of H-pyrrole nitrogens is 1. The molecule has 0 radical (unpaired) electrons. The van der Waals surface area contributed by atoms with Crippen LogP contribution in [0.2, 0.25) is 0 Å². The van der Waals surface area contributed by atoms with Gasteiger partial charge in [-0.1, -0.05) is 6.07 Å². The normalized spacial score (nSPS) is 19.9. The van der Waals surface area contributed by atoms with Gasteiger partial charge in [0.15, 0.2) is 11.5 Å². The molecule has 4 rings (SSSR count). The smallest absolute Gasteiger partial charge is 0.270 e. The van der Waals surface area contributed by atoms with Gasteiger partial charge in [0.2, 0.25) is 0 Å². The highest BCUT2D eigenvalue weighted by atomic mass is 79.9. The van der Waals surface area contributed by atoms with Crippen molar-refractivity contribution in [1.29, 1.82) is 0 Å². The fourth-order valence-corrected chi connectivity index (χ4v) is 3.61. The maximum absolute atomic E-state index is 12.8. The van der Waals surface area contributed by atoms with Crippen LogP contribution in [0.15, 0.2) is 34.9 Å². The van der Waals surface area contributed by atoms with E-state index < -0.39 is 0 Å². The average Bonchev–Trinajstić information content (AvgIpc) is 3.23. The van der Waals surface area contributed by atoms with E-state index in [2.05, 4.69) is 20.9 Å². The molecule has 0 spiro atoms. The van der Waals surface area contributed by atoms with Crippen LogP contribution < -0.4 is 9.47 Å². The summed E-state index contributed by atoms with van der Waals surface area (Å²) in [6.45, 7) is 1.93. The van der Waals surface area contributed by atoms with Crippen LogP contribution in [-0.2, 0) is 0 Å². The number of ether oxygens (including phenoxy) is 2. The van der Waals surface area contributed by atoms with Crippen LogP contribution >= 0.6 is 15.9 Å². The average molecular weight is 377 g/mol. The van der Waals surface area contributed by atoms with Crippen molar-refractivity contribution in [3.8, 4) is 11.5 Å². The maximum Gasteiger partial charge on any atom is 0.270 e. The molecule has 1 N–H and O–H groups in total. The second-order valence-electron chi connectivity index (χ2n) is 5.79. The number of aromatic amines is 1. The van der Waals surface area contributed by atoms with Gasteiger partial charge in [0.1, 0.15) is 18.9 Å². The van der Waals surface area contributed by atoms with Gasteiger partial charge in [-0.15, -0.1) is 0 Å². The van der Waals surface area contributed by atoms with Gasteiger partial charge in [-0.3, -0.25) is 4.79 Å². The van der Waals surface area contributed by atoms with E-state index in [1.54, 1.807) is 6.20 Å². The number of halogens is 1. The number of nitrogens with one attached hydrogen (secondary N) is 1. The Balaban J connectivity index is 1.61. The van der Waals surface area contributed by atoms with E-state index in [1.807, 2.05) is 29.2 Å². The summed E-state index contributed by atoms with van der Waals surface area (Å²) in [6.07, 6.45) is 3.75. The third kappa shape index (κ3) is 2.72. The monoisotopic (exact) mass is 376 g/mol. The topological polar surface area (TPSA) is 54.6 Å². The maximum atomic E-state index is 12.8. The van der Waals surface area contributed by atoms with Crippen molar-refractivity contribution in [2.45, 2.75) is 18.9 Å². The third-order valence-corrected chi connectivity index (χ3v) is 4.80. The first-order valence-electron chi connectivity index (χ1n) is 7.77. The molecule has 2 aliphatic heterocycles. The highest BCUT2D eigenvalue weighted by molar-refractivity contribution is 9.10. The SMILES string of the molecule is O=C(c1cc(Br)c[nH]1)N1CCCC1c1ccc2c(c1)OCCO2. The molecule has 1 unspecified atom stereocenters. The number of carbonyl (C=O) groups is 1. The first-order chi connectivity index (χ1) is 11.2. The minimum absolute atomic E-state index is 0.0353. The number of fused-ring (bicyclic) bond motifs is 1. The van der Waals surface area contributed by atoms with Crippen molar-refractivity contribution in [3.63, 3.8) is 0 Å². The van der Waals surface area contributed by atoms with Crippen molar-refractivity contribution in [1.82, 2.24) is 9.88 Å². The van der Waals surface area contributed by atoms with Crippen molar-refractivity contribution in [2.75, 3.05) is 19.8 Å². The molecule has 3 heterocycles. The first-order valence-corrected chi connectivity index (χ1v) is 8.56. The molecule has 1 fully saturated rings. The molecule has 1 aromatic heterocycles. The highest BCUT2D eigenvalue weighted by Crippen LogP contribution is 2.38. The molecule has 1 atom stereocenters. The van der Waals surface area contributed by atoms with Crippen LogP contribution in [0.1, 0.15) is 34.9 Å². The Labute approximate surface area is 142 Å². The Bertz CT molecular complexity index is 743. The van der Waals surface area contributed by atoms with Gasteiger partial charge in [0.25, 0.3) is 5.91 Å². The van der Waals surface area contributed by atoms with Crippen molar-refractivity contribution >= 4 is 21.8 Å². The summed E-state index contributed by atoms with van der Waals surface area (Å²) in [5.74, 6) is 1.59. The fraction of sp³-hybridized carbons (Fsp3) is 0.353. The van der Waals surface area contributed by atoms with E-state index in [9.17, 15) is 4.79 Å². The number of benzene rings is 1. The number of amides is 1. The summed E-state index contributed by atoms with van der Waals surface area (Å²) >= 11 is 3.38. The lowest BCUT2D eigenvalue weighted by Gasteiger charge is -2.26. The van der Waals surface area contributed by atoms with Crippen LogP contribution in [0.3, 0.4) is 0 Å². The minimum atomic E-state index is 0.0353. The molecule has 2 aliphatic rings. The third-order valence-electron chi connectivity index (χ3n) is 4.34. The Morgan fingerprint density at radius 1 is 1.22 bits per heavy atom. The second kappa shape index (κ2) is 5.92. The number of nitrogens with zero attached hydrogens (tertiary/aromatic N) is 1. The summed E-state index contributed by atoms with van der Waals surface area (Å²) in [7, 11) is 0.